The number of nitrogens with two attached hydrogens (primary N) is 1. The minimum Gasteiger partial charge on any atom is -0.389 e. The van der Waals surface area contributed by atoms with Crippen LogP contribution in [-0.2, 0) is 6.54 Å². The summed E-state index contributed by atoms with van der Waals surface area (Å²) in [4.78, 5) is 2.49. The third-order valence-electron chi connectivity index (χ3n) is 2.81. The van der Waals surface area contributed by atoms with Crippen LogP contribution in [0.1, 0.15) is 11.1 Å². The SMILES string of the molecule is NC(=S)c1cc(CN2CCSCC2)ccc1F. The van der Waals surface area contributed by atoms with Crippen LogP contribution in [0.3, 0.4) is 0 Å². The molecule has 1 fully saturated rings. The van der Waals surface area contributed by atoms with Crippen LogP contribution < -0.4 is 5.73 Å². The van der Waals surface area contributed by atoms with Crippen molar-refractivity contribution in [2.24, 2.45) is 5.73 Å². The number of halogens is 1. The number of rotatable bonds is 3. The Morgan fingerprint density at radius 2 is 2.12 bits per heavy atom. The maximum atomic E-state index is 13.4. The van der Waals surface area contributed by atoms with Crippen LogP contribution in [0.25, 0.3) is 0 Å². The van der Waals surface area contributed by atoms with Crippen LogP contribution >= 0.6 is 24.0 Å². The largest absolute Gasteiger partial charge is 0.389 e. The van der Waals surface area contributed by atoms with E-state index in [2.05, 4.69) is 4.90 Å². The van der Waals surface area contributed by atoms with Gasteiger partial charge in [-0.1, -0.05) is 18.3 Å². The number of benzene rings is 1. The zero-order valence-corrected chi connectivity index (χ0v) is 11.1. The van der Waals surface area contributed by atoms with Gasteiger partial charge in [0.15, 0.2) is 0 Å². The van der Waals surface area contributed by atoms with Crippen molar-refractivity contribution >= 4 is 29.0 Å². The molecule has 92 valence electrons. The van der Waals surface area contributed by atoms with E-state index in [4.69, 9.17) is 18.0 Å². The number of thiocarbonyl (C=S) groups is 1. The molecule has 2 N–H and O–H groups in total. The smallest absolute Gasteiger partial charge is 0.133 e. The van der Waals surface area contributed by atoms with Crippen LogP contribution in [0.4, 0.5) is 4.39 Å². The molecule has 0 saturated carbocycles. The van der Waals surface area contributed by atoms with Crippen LogP contribution in [0, 0.1) is 5.82 Å². The predicted octanol–water partition coefficient (Wildman–Crippen LogP) is 2.01. The average Bonchev–Trinajstić information content (AvgIpc) is 2.32. The normalized spacial score (nSPS) is 17.0. The highest BCUT2D eigenvalue weighted by Crippen LogP contribution is 2.15. The van der Waals surface area contributed by atoms with Crippen LogP contribution in [-0.4, -0.2) is 34.5 Å². The van der Waals surface area contributed by atoms with Gasteiger partial charge in [0.1, 0.15) is 10.8 Å². The van der Waals surface area contributed by atoms with E-state index < -0.39 is 0 Å². The molecular formula is C12H15FN2S2. The summed E-state index contributed by atoms with van der Waals surface area (Å²) < 4.78 is 13.4. The standard InChI is InChI=1S/C12H15FN2S2/c13-11-2-1-9(7-10(11)12(14)16)8-15-3-5-17-6-4-15/h1-2,7H,3-6,8H2,(H2,14,16). The van der Waals surface area contributed by atoms with Gasteiger partial charge in [-0.15, -0.1) is 0 Å². The molecular weight excluding hydrogens is 255 g/mol. The fourth-order valence-electron chi connectivity index (χ4n) is 1.88. The number of hydrogen-bond donors (Lipinski definition) is 1. The van der Waals surface area contributed by atoms with Gasteiger partial charge in [-0.05, 0) is 17.7 Å². The van der Waals surface area contributed by atoms with Crippen LogP contribution in [0.2, 0.25) is 0 Å². The molecule has 0 atom stereocenters. The summed E-state index contributed by atoms with van der Waals surface area (Å²) in [5.41, 5.74) is 6.91. The maximum Gasteiger partial charge on any atom is 0.133 e. The van der Waals surface area contributed by atoms with E-state index in [-0.39, 0.29) is 10.8 Å². The Morgan fingerprint density at radius 1 is 1.41 bits per heavy atom. The maximum absolute atomic E-state index is 13.4. The van der Waals surface area contributed by atoms with Crippen molar-refractivity contribution in [1.29, 1.82) is 0 Å². The number of nitrogens with zero attached hydrogens (tertiary/aromatic N) is 1. The Bertz CT molecular complexity index is 417. The summed E-state index contributed by atoms with van der Waals surface area (Å²) >= 11 is 6.81. The molecule has 0 aliphatic carbocycles. The van der Waals surface area contributed by atoms with Crippen molar-refractivity contribution in [3.05, 3.63) is 35.1 Å². The molecule has 0 unspecified atom stereocenters. The van der Waals surface area contributed by atoms with Gasteiger partial charge in [0.05, 0.1) is 0 Å². The van der Waals surface area contributed by atoms with E-state index in [1.165, 1.54) is 17.6 Å². The van der Waals surface area contributed by atoms with Gasteiger partial charge >= 0.3 is 0 Å². The van der Waals surface area contributed by atoms with Crippen molar-refractivity contribution in [1.82, 2.24) is 4.90 Å². The van der Waals surface area contributed by atoms with Gasteiger partial charge < -0.3 is 5.73 Å². The summed E-state index contributed by atoms with van der Waals surface area (Å²) in [6, 6.07) is 5.01. The highest BCUT2D eigenvalue weighted by Gasteiger charge is 2.12. The quantitative estimate of drug-likeness (QED) is 0.851. The lowest BCUT2D eigenvalue weighted by atomic mass is 10.1. The summed E-state index contributed by atoms with van der Waals surface area (Å²) in [5.74, 6) is 2.00. The molecule has 5 heteroatoms. The summed E-state index contributed by atoms with van der Waals surface area (Å²) in [5, 5.41) is 0. The monoisotopic (exact) mass is 270 g/mol. The first-order valence-electron chi connectivity index (χ1n) is 5.55. The van der Waals surface area contributed by atoms with Crippen molar-refractivity contribution in [3.63, 3.8) is 0 Å². The summed E-state index contributed by atoms with van der Waals surface area (Å²) in [6.45, 7) is 3.02. The van der Waals surface area contributed by atoms with Crippen molar-refractivity contribution < 1.29 is 4.39 Å². The molecule has 1 heterocycles. The first-order valence-corrected chi connectivity index (χ1v) is 7.11. The fraction of sp³-hybridized carbons (Fsp3) is 0.417. The molecule has 0 bridgehead atoms. The molecule has 1 saturated heterocycles. The first kappa shape index (κ1) is 12.8. The predicted molar refractivity (Wildman–Crippen MR) is 74.9 cm³/mol. The molecule has 0 aromatic heterocycles. The van der Waals surface area contributed by atoms with E-state index in [0.717, 1.165) is 25.2 Å². The van der Waals surface area contributed by atoms with E-state index in [1.807, 2.05) is 11.8 Å². The van der Waals surface area contributed by atoms with Crippen LogP contribution in [0.15, 0.2) is 18.2 Å². The zero-order chi connectivity index (χ0) is 12.3. The van der Waals surface area contributed by atoms with Gasteiger partial charge in [0, 0.05) is 36.7 Å². The summed E-state index contributed by atoms with van der Waals surface area (Å²) in [6.07, 6.45) is 0. The van der Waals surface area contributed by atoms with E-state index in [0.29, 0.717) is 5.56 Å². The highest BCUT2D eigenvalue weighted by atomic mass is 32.2. The van der Waals surface area contributed by atoms with Gasteiger partial charge in [-0.25, -0.2) is 4.39 Å². The molecule has 1 aromatic rings. The molecule has 1 aromatic carbocycles. The topological polar surface area (TPSA) is 29.3 Å². The summed E-state index contributed by atoms with van der Waals surface area (Å²) in [7, 11) is 0. The van der Waals surface area contributed by atoms with E-state index in [1.54, 1.807) is 12.1 Å². The van der Waals surface area contributed by atoms with Gasteiger partial charge in [0.25, 0.3) is 0 Å². The lowest BCUT2D eigenvalue weighted by Crippen LogP contribution is -2.32. The highest BCUT2D eigenvalue weighted by molar-refractivity contribution is 7.99. The second kappa shape index (κ2) is 5.80. The minimum absolute atomic E-state index is 0.124. The molecule has 1 aliphatic heterocycles. The lowest BCUT2D eigenvalue weighted by molar-refractivity contribution is 0.294. The number of hydrogen-bond acceptors (Lipinski definition) is 3. The van der Waals surface area contributed by atoms with E-state index in [9.17, 15) is 4.39 Å². The molecule has 0 spiro atoms. The van der Waals surface area contributed by atoms with Gasteiger partial charge in [-0.3, -0.25) is 4.90 Å². The first-order chi connectivity index (χ1) is 8.16. The van der Waals surface area contributed by atoms with Gasteiger partial charge in [-0.2, -0.15) is 11.8 Å². The Hall–Kier alpha value is -0.650. The molecule has 2 nitrogen and oxygen atoms in total. The Balaban J connectivity index is 2.10. The third-order valence-corrected chi connectivity index (χ3v) is 3.97. The van der Waals surface area contributed by atoms with Gasteiger partial charge in [0.2, 0.25) is 0 Å². The Kier molecular flexibility index (Phi) is 4.36. The lowest BCUT2D eigenvalue weighted by Gasteiger charge is -2.26. The molecule has 2 rings (SSSR count). The van der Waals surface area contributed by atoms with Crippen LogP contribution in [0.5, 0.6) is 0 Å². The Labute approximate surface area is 110 Å². The fourth-order valence-corrected chi connectivity index (χ4v) is 3.01. The Morgan fingerprint density at radius 3 is 2.76 bits per heavy atom. The van der Waals surface area contributed by atoms with Crippen molar-refractivity contribution in [3.8, 4) is 0 Å². The zero-order valence-electron chi connectivity index (χ0n) is 9.49. The third kappa shape index (κ3) is 3.40. The second-order valence-electron chi connectivity index (χ2n) is 4.07. The minimum atomic E-state index is -0.338. The molecule has 0 radical (unpaired) electrons. The van der Waals surface area contributed by atoms with Crippen molar-refractivity contribution in [2.45, 2.75) is 6.54 Å². The number of thioether (sulfide) groups is 1. The average molecular weight is 270 g/mol. The van der Waals surface area contributed by atoms with Crippen molar-refractivity contribution in [2.75, 3.05) is 24.6 Å². The van der Waals surface area contributed by atoms with E-state index >= 15 is 0 Å². The second-order valence-corrected chi connectivity index (χ2v) is 5.73. The molecule has 0 amide bonds. The molecule has 17 heavy (non-hydrogen) atoms. The molecule has 1 aliphatic rings.